The lowest BCUT2D eigenvalue weighted by Gasteiger charge is -2.26. The van der Waals surface area contributed by atoms with Gasteiger partial charge in [-0.05, 0) is 6.42 Å². The third-order valence-corrected chi connectivity index (χ3v) is 2.27. The molecular formula is C11H23NO3. The first-order valence-corrected chi connectivity index (χ1v) is 5.28. The number of carbonyl (C=O) groups excluding carboxylic acids is 1. The fraction of sp³-hybridized carbons (Fsp3) is 0.909. The number of carbonyl (C=O) groups is 1. The highest BCUT2D eigenvalue weighted by Gasteiger charge is 2.09. The van der Waals surface area contributed by atoms with Crippen LogP contribution in [0.3, 0.4) is 0 Å². The fourth-order valence-electron chi connectivity index (χ4n) is 1.40. The van der Waals surface area contributed by atoms with Gasteiger partial charge in [0.15, 0.2) is 0 Å². The Bertz CT molecular complexity index is 167. The first kappa shape index (κ1) is 14.4. The van der Waals surface area contributed by atoms with Gasteiger partial charge in [0, 0.05) is 26.1 Å². The van der Waals surface area contributed by atoms with Crippen molar-refractivity contribution in [3.05, 3.63) is 0 Å². The van der Waals surface area contributed by atoms with E-state index in [0.29, 0.717) is 13.0 Å². The van der Waals surface area contributed by atoms with Gasteiger partial charge in [-0.1, -0.05) is 14.4 Å². The summed E-state index contributed by atoms with van der Waals surface area (Å²) in [5.74, 6) is -0.105. The van der Waals surface area contributed by atoms with Crippen LogP contribution < -0.4 is 0 Å². The molecule has 0 unspecified atom stereocenters. The minimum atomic E-state index is -0.105. The zero-order valence-electron chi connectivity index (χ0n) is 8.83. The Morgan fingerprint density at radius 3 is 2.67 bits per heavy atom. The molecule has 1 rings (SSSR count). The molecule has 0 aromatic carbocycles. The van der Waals surface area contributed by atoms with Gasteiger partial charge in [0.05, 0.1) is 19.8 Å². The quantitative estimate of drug-likeness (QED) is 0.514. The molecule has 1 aliphatic rings. The Morgan fingerprint density at radius 2 is 2.07 bits per heavy atom. The standard InChI is InChI=1S/C10H19NO3.CH4/c1-2-10(12)14-7-3-4-11-5-8-13-9-6-11;/h2-9H2,1H3;1H4. The average Bonchev–Trinajstić information content (AvgIpc) is 2.25. The van der Waals surface area contributed by atoms with Crippen LogP contribution in [-0.2, 0) is 14.3 Å². The lowest BCUT2D eigenvalue weighted by Crippen LogP contribution is -2.37. The first-order valence-electron chi connectivity index (χ1n) is 5.28. The fourth-order valence-corrected chi connectivity index (χ4v) is 1.40. The summed E-state index contributed by atoms with van der Waals surface area (Å²) in [4.78, 5) is 13.1. The largest absolute Gasteiger partial charge is 0.466 e. The van der Waals surface area contributed by atoms with Crippen LogP contribution >= 0.6 is 0 Å². The Balaban J connectivity index is 0.00000196. The van der Waals surface area contributed by atoms with Gasteiger partial charge in [-0.2, -0.15) is 0 Å². The monoisotopic (exact) mass is 217 g/mol. The number of ether oxygens (including phenoxy) is 2. The van der Waals surface area contributed by atoms with E-state index in [-0.39, 0.29) is 13.4 Å². The van der Waals surface area contributed by atoms with E-state index in [1.807, 2.05) is 6.92 Å². The van der Waals surface area contributed by atoms with Crippen LogP contribution in [0.5, 0.6) is 0 Å². The molecule has 15 heavy (non-hydrogen) atoms. The molecule has 0 saturated carbocycles. The molecule has 0 amide bonds. The van der Waals surface area contributed by atoms with Crippen LogP contribution in [0, 0.1) is 0 Å². The molecule has 1 heterocycles. The van der Waals surface area contributed by atoms with E-state index in [1.54, 1.807) is 0 Å². The van der Waals surface area contributed by atoms with Crippen molar-refractivity contribution in [3.63, 3.8) is 0 Å². The molecule has 0 bridgehead atoms. The molecule has 4 heteroatoms. The lowest BCUT2D eigenvalue weighted by atomic mass is 10.3. The van der Waals surface area contributed by atoms with Gasteiger partial charge in [0.1, 0.15) is 0 Å². The Morgan fingerprint density at radius 1 is 1.40 bits per heavy atom. The second-order valence-electron chi connectivity index (χ2n) is 3.38. The van der Waals surface area contributed by atoms with E-state index in [1.165, 1.54) is 0 Å². The van der Waals surface area contributed by atoms with Gasteiger partial charge < -0.3 is 9.47 Å². The summed E-state index contributed by atoms with van der Waals surface area (Å²) in [6.45, 7) is 7.02. The van der Waals surface area contributed by atoms with Crippen LogP contribution in [0.1, 0.15) is 27.2 Å². The van der Waals surface area contributed by atoms with Crippen molar-refractivity contribution in [2.75, 3.05) is 39.5 Å². The van der Waals surface area contributed by atoms with Crippen molar-refractivity contribution in [2.45, 2.75) is 27.2 Å². The topological polar surface area (TPSA) is 38.8 Å². The van der Waals surface area contributed by atoms with Crippen molar-refractivity contribution in [1.29, 1.82) is 0 Å². The van der Waals surface area contributed by atoms with E-state index < -0.39 is 0 Å². The minimum absolute atomic E-state index is 0. The first-order chi connectivity index (χ1) is 6.83. The van der Waals surface area contributed by atoms with Crippen LogP contribution in [0.2, 0.25) is 0 Å². The molecule has 90 valence electrons. The summed E-state index contributed by atoms with van der Waals surface area (Å²) in [6, 6.07) is 0. The highest BCUT2D eigenvalue weighted by atomic mass is 16.5. The Hall–Kier alpha value is -0.610. The van der Waals surface area contributed by atoms with E-state index in [0.717, 1.165) is 39.3 Å². The SMILES string of the molecule is C.CCC(=O)OCCCN1CCOCC1. The molecule has 0 aromatic rings. The Labute approximate surface area is 92.5 Å². The highest BCUT2D eigenvalue weighted by Crippen LogP contribution is 1.98. The lowest BCUT2D eigenvalue weighted by molar-refractivity contribution is -0.143. The van der Waals surface area contributed by atoms with Crippen molar-refractivity contribution in [2.24, 2.45) is 0 Å². The van der Waals surface area contributed by atoms with Gasteiger partial charge >= 0.3 is 5.97 Å². The van der Waals surface area contributed by atoms with E-state index in [4.69, 9.17) is 9.47 Å². The molecule has 0 aromatic heterocycles. The molecule has 0 atom stereocenters. The van der Waals surface area contributed by atoms with E-state index >= 15 is 0 Å². The number of morpholine rings is 1. The number of rotatable bonds is 5. The van der Waals surface area contributed by atoms with Gasteiger partial charge in [0.25, 0.3) is 0 Å². The summed E-state index contributed by atoms with van der Waals surface area (Å²) < 4.78 is 10.2. The Kier molecular flexibility index (Phi) is 8.33. The zero-order chi connectivity index (χ0) is 10.2. The third-order valence-electron chi connectivity index (χ3n) is 2.27. The normalized spacial score (nSPS) is 16.9. The highest BCUT2D eigenvalue weighted by molar-refractivity contribution is 5.68. The number of nitrogens with zero attached hydrogens (tertiary/aromatic N) is 1. The molecule has 1 fully saturated rings. The van der Waals surface area contributed by atoms with Crippen molar-refractivity contribution in [1.82, 2.24) is 4.90 Å². The van der Waals surface area contributed by atoms with Crippen molar-refractivity contribution < 1.29 is 14.3 Å². The van der Waals surface area contributed by atoms with Crippen molar-refractivity contribution in [3.8, 4) is 0 Å². The van der Waals surface area contributed by atoms with Crippen molar-refractivity contribution >= 4 is 5.97 Å². The van der Waals surface area contributed by atoms with Gasteiger partial charge in [-0.3, -0.25) is 9.69 Å². The number of esters is 1. The van der Waals surface area contributed by atoms with Crippen LogP contribution in [0.4, 0.5) is 0 Å². The predicted octanol–water partition coefficient (Wildman–Crippen LogP) is 1.30. The van der Waals surface area contributed by atoms with Crippen LogP contribution in [0.25, 0.3) is 0 Å². The van der Waals surface area contributed by atoms with E-state index in [2.05, 4.69) is 4.90 Å². The minimum Gasteiger partial charge on any atom is -0.466 e. The number of hydrogen-bond acceptors (Lipinski definition) is 4. The van der Waals surface area contributed by atoms with Gasteiger partial charge in [-0.25, -0.2) is 0 Å². The van der Waals surface area contributed by atoms with Crippen LogP contribution in [-0.4, -0.2) is 50.3 Å². The molecule has 1 aliphatic heterocycles. The molecular weight excluding hydrogens is 194 g/mol. The molecule has 0 radical (unpaired) electrons. The maximum atomic E-state index is 10.8. The van der Waals surface area contributed by atoms with Gasteiger partial charge in [0.2, 0.25) is 0 Å². The number of hydrogen-bond donors (Lipinski definition) is 0. The predicted molar refractivity (Wildman–Crippen MR) is 59.9 cm³/mol. The summed E-state index contributed by atoms with van der Waals surface area (Å²) in [5, 5.41) is 0. The second-order valence-corrected chi connectivity index (χ2v) is 3.38. The molecule has 0 aliphatic carbocycles. The summed E-state index contributed by atoms with van der Waals surface area (Å²) in [7, 11) is 0. The summed E-state index contributed by atoms with van der Waals surface area (Å²) in [6.07, 6.45) is 1.39. The maximum absolute atomic E-state index is 10.8. The molecule has 1 saturated heterocycles. The van der Waals surface area contributed by atoms with E-state index in [9.17, 15) is 4.79 Å². The maximum Gasteiger partial charge on any atom is 0.305 e. The van der Waals surface area contributed by atoms with Gasteiger partial charge in [-0.15, -0.1) is 0 Å². The third kappa shape index (κ3) is 6.47. The molecule has 0 N–H and O–H groups in total. The second kappa shape index (κ2) is 8.68. The smallest absolute Gasteiger partial charge is 0.305 e. The summed E-state index contributed by atoms with van der Waals surface area (Å²) in [5.41, 5.74) is 0. The zero-order valence-corrected chi connectivity index (χ0v) is 8.83. The molecule has 4 nitrogen and oxygen atoms in total. The summed E-state index contributed by atoms with van der Waals surface area (Å²) >= 11 is 0. The van der Waals surface area contributed by atoms with Crippen LogP contribution in [0.15, 0.2) is 0 Å². The average molecular weight is 217 g/mol. The molecule has 0 spiro atoms.